The van der Waals surface area contributed by atoms with Crippen LogP contribution in [0.3, 0.4) is 0 Å². The maximum Gasteiger partial charge on any atom is 0.0536 e. The zero-order valence-corrected chi connectivity index (χ0v) is 11.5. The first-order chi connectivity index (χ1) is 8.54. The molecule has 0 bridgehead atoms. The predicted octanol–water partition coefficient (Wildman–Crippen LogP) is 2.92. The molecule has 2 nitrogen and oxygen atoms in total. The van der Waals surface area contributed by atoms with Crippen molar-refractivity contribution >= 4 is 0 Å². The third kappa shape index (κ3) is 3.31. The van der Waals surface area contributed by atoms with E-state index in [0.717, 1.165) is 18.7 Å². The van der Waals surface area contributed by atoms with E-state index in [2.05, 4.69) is 44.0 Å². The van der Waals surface area contributed by atoms with E-state index >= 15 is 0 Å². The molecular formula is C16H24N2. The predicted molar refractivity (Wildman–Crippen MR) is 79.4 cm³/mol. The lowest BCUT2D eigenvalue weighted by molar-refractivity contribution is 0.170. The lowest BCUT2D eigenvalue weighted by Gasteiger charge is -2.39. The van der Waals surface area contributed by atoms with E-state index in [-0.39, 0.29) is 6.04 Å². The van der Waals surface area contributed by atoms with Crippen LogP contribution in [0.1, 0.15) is 19.4 Å². The van der Waals surface area contributed by atoms with Gasteiger partial charge in [0.05, 0.1) is 5.54 Å². The van der Waals surface area contributed by atoms with Crippen LogP contribution in [0.25, 0.3) is 0 Å². The highest BCUT2D eigenvalue weighted by Gasteiger charge is 2.31. The summed E-state index contributed by atoms with van der Waals surface area (Å²) in [6, 6.07) is 10.4. The van der Waals surface area contributed by atoms with Gasteiger partial charge >= 0.3 is 0 Å². The number of nitrogens with two attached hydrogens (primary N) is 1. The van der Waals surface area contributed by atoms with Crippen LogP contribution >= 0.6 is 0 Å². The average Bonchev–Trinajstić information content (AvgIpc) is 2.38. The largest absolute Gasteiger partial charge is 0.320 e. The summed E-state index contributed by atoms with van der Waals surface area (Å²) in [7, 11) is 0. The first-order valence-corrected chi connectivity index (χ1v) is 6.34. The Morgan fingerprint density at radius 3 is 2.17 bits per heavy atom. The molecular weight excluding hydrogens is 220 g/mol. The Hall–Kier alpha value is -1.38. The normalized spacial score (nSPS) is 16.0. The van der Waals surface area contributed by atoms with Gasteiger partial charge in [-0.05, 0) is 19.4 Å². The summed E-state index contributed by atoms with van der Waals surface area (Å²) in [6.07, 6.45) is 3.81. The summed E-state index contributed by atoms with van der Waals surface area (Å²) in [6.45, 7) is 13.5. The molecule has 18 heavy (non-hydrogen) atoms. The SMILES string of the molecule is C=CCN(CC=C)C(C)C(C)(N)c1ccccc1. The standard InChI is InChI=1S/C16H24N2/c1-5-12-18(13-6-2)14(3)16(4,17)15-10-8-7-9-11-15/h5-11,14H,1-2,12-13,17H2,3-4H3. The quantitative estimate of drug-likeness (QED) is 0.747. The molecule has 2 unspecified atom stereocenters. The van der Waals surface area contributed by atoms with Crippen LogP contribution in [0.15, 0.2) is 55.6 Å². The Kier molecular flexibility index (Phi) is 5.32. The second kappa shape index (κ2) is 6.53. The Morgan fingerprint density at radius 2 is 1.72 bits per heavy atom. The van der Waals surface area contributed by atoms with E-state index in [9.17, 15) is 0 Å². The molecule has 1 aromatic carbocycles. The van der Waals surface area contributed by atoms with Crippen molar-refractivity contribution < 1.29 is 0 Å². The van der Waals surface area contributed by atoms with Gasteiger partial charge in [0.25, 0.3) is 0 Å². The van der Waals surface area contributed by atoms with Gasteiger partial charge in [0.2, 0.25) is 0 Å². The molecule has 1 aromatic rings. The zero-order chi connectivity index (χ0) is 13.6. The van der Waals surface area contributed by atoms with Gasteiger partial charge in [-0.25, -0.2) is 0 Å². The average molecular weight is 244 g/mol. The fraction of sp³-hybridized carbons (Fsp3) is 0.375. The molecule has 0 saturated carbocycles. The minimum Gasteiger partial charge on any atom is -0.320 e. The zero-order valence-electron chi connectivity index (χ0n) is 11.5. The van der Waals surface area contributed by atoms with Crippen molar-refractivity contribution in [3.8, 4) is 0 Å². The summed E-state index contributed by atoms with van der Waals surface area (Å²) in [5, 5.41) is 0. The lowest BCUT2D eigenvalue weighted by Crippen LogP contribution is -2.53. The molecule has 0 fully saturated rings. The van der Waals surface area contributed by atoms with Crippen molar-refractivity contribution in [1.29, 1.82) is 0 Å². The molecule has 0 heterocycles. The van der Waals surface area contributed by atoms with Crippen molar-refractivity contribution in [3.63, 3.8) is 0 Å². The van der Waals surface area contributed by atoms with Crippen LogP contribution < -0.4 is 5.73 Å². The van der Waals surface area contributed by atoms with Gasteiger partial charge in [-0.3, -0.25) is 4.90 Å². The van der Waals surface area contributed by atoms with Crippen molar-refractivity contribution in [3.05, 3.63) is 61.2 Å². The van der Waals surface area contributed by atoms with Gasteiger partial charge < -0.3 is 5.73 Å². The van der Waals surface area contributed by atoms with E-state index in [4.69, 9.17) is 5.73 Å². The van der Waals surface area contributed by atoms with Crippen LogP contribution in [0.2, 0.25) is 0 Å². The van der Waals surface area contributed by atoms with Crippen molar-refractivity contribution in [1.82, 2.24) is 4.90 Å². The van der Waals surface area contributed by atoms with Crippen LogP contribution in [0, 0.1) is 0 Å². The topological polar surface area (TPSA) is 29.3 Å². The molecule has 0 aromatic heterocycles. The van der Waals surface area contributed by atoms with Crippen LogP contribution in [-0.2, 0) is 5.54 Å². The van der Waals surface area contributed by atoms with E-state index < -0.39 is 5.54 Å². The summed E-state index contributed by atoms with van der Waals surface area (Å²) in [5.41, 5.74) is 7.29. The lowest BCUT2D eigenvalue weighted by atomic mass is 9.85. The van der Waals surface area contributed by atoms with E-state index in [1.54, 1.807) is 0 Å². The summed E-state index contributed by atoms with van der Waals surface area (Å²) >= 11 is 0. The van der Waals surface area contributed by atoms with E-state index in [1.165, 1.54) is 0 Å². The first kappa shape index (κ1) is 14.7. The monoisotopic (exact) mass is 244 g/mol. The number of benzene rings is 1. The van der Waals surface area contributed by atoms with Gasteiger partial charge in [0.1, 0.15) is 0 Å². The van der Waals surface area contributed by atoms with Crippen molar-refractivity contribution in [2.24, 2.45) is 5.73 Å². The fourth-order valence-electron chi connectivity index (χ4n) is 2.14. The number of nitrogens with zero attached hydrogens (tertiary/aromatic N) is 1. The van der Waals surface area contributed by atoms with Gasteiger partial charge in [-0.1, -0.05) is 42.5 Å². The molecule has 98 valence electrons. The molecule has 0 aliphatic rings. The Labute approximate surface area is 111 Å². The smallest absolute Gasteiger partial charge is 0.0536 e. The summed E-state index contributed by atoms with van der Waals surface area (Å²) in [4.78, 5) is 2.27. The molecule has 0 saturated heterocycles. The van der Waals surface area contributed by atoms with Crippen molar-refractivity contribution in [2.75, 3.05) is 13.1 Å². The third-order valence-corrected chi connectivity index (χ3v) is 3.54. The second-order valence-electron chi connectivity index (χ2n) is 4.86. The van der Waals surface area contributed by atoms with Crippen LogP contribution in [0.4, 0.5) is 0 Å². The fourth-order valence-corrected chi connectivity index (χ4v) is 2.14. The van der Waals surface area contributed by atoms with Crippen LogP contribution in [-0.4, -0.2) is 24.0 Å². The van der Waals surface area contributed by atoms with E-state index in [1.807, 2.05) is 30.4 Å². The van der Waals surface area contributed by atoms with Crippen molar-refractivity contribution in [2.45, 2.75) is 25.4 Å². The molecule has 0 radical (unpaired) electrons. The number of hydrogen-bond donors (Lipinski definition) is 1. The van der Waals surface area contributed by atoms with Gasteiger partial charge in [0, 0.05) is 19.1 Å². The molecule has 0 amide bonds. The highest BCUT2D eigenvalue weighted by Crippen LogP contribution is 2.25. The molecule has 2 N–H and O–H groups in total. The molecule has 2 heteroatoms. The number of hydrogen-bond acceptors (Lipinski definition) is 2. The highest BCUT2D eigenvalue weighted by molar-refractivity contribution is 5.25. The minimum absolute atomic E-state index is 0.205. The second-order valence-corrected chi connectivity index (χ2v) is 4.86. The Bertz CT molecular complexity index is 371. The summed E-state index contributed by atoms with van der Waals surface area (Å²) < 4.78 is 0. The van der Waals surface area contributed by atoms with E-state index in [0.29, 0.717) is 0 Å². The first-order valence-electron chi connectivity index (χ1n) is 6.34. The molecule has 0 aliphatic carbocycles. The Balaban J connectivity index is 2.94. The highest BCUT2D eigenvalue weighted by atomic mass is 15.2. The summed E-state index contributed by atoms with van der Waals surface area (Å²) in [5.74, 6) is 0. The molecule has 0 aliphatic heterocycles. The number of rotatable bonds is 7. The molecule has 2 atom stereocenters. The molecule has 1 rings (SSSR count). The molecule has 0 spiro atoms. The Morgan fingerprint density at radius 1 is 1.22 bits per heavy atom. The third-order valence-electron chi connectivity index (χ3n) is 3.54. The maximum absolute atomic E-state index is 6.53. The maximum atomic E-state index is 6.53. The van der Waals surface area contributed by atoms with Gasteiger partial charge in [-0.15, -0.1) is 13.2 Å². The van der Waals surface area contributed by atoms with Gasteiger partial charge in [0.15, 0.2) is 0 Å². The van der Waals surface area contributed by atoms with Gasteiger partial charge in [-0.2, -0.15) is 0 Å². The minimum atomic E-state index is -0.396. The van der Waals surface area contributed by atoms with Crippen LogP contribution in [0.5, 0.6) is 0 Å².